The highest BCUT2D eigenvalue weighted by Gasteiger charge is 2.20. The molecule has 1 aromatic heterocycles. The lowest BCUT2D eigenvalue weighted by atomic mass is 10.1. The predicted octanol–water partition coefficient (Wildman–Crippen LogP) is 4.07. The van der Waals surface area contributed by atoms with Gasteiger partial charge in [0.25, 0.3) is 0 Å². The molecule has 6 nitrogen and oxygen atoms in total. The number of aryl methyl sites for hydroxylation is 2. The van der Waals surface area contributed by atoms with E-state index in [9.17, 15) is 4.39 Å². The number of ether oxygens (including phenoxy) is 1. The molecule has 7 heteroatoms. The Morgan fingerprint density at radius 1 is 0.941 bits per heavy atom. The Hall–Kier alpha value is -2.90. The van der Waals surface area contributed by atoms with Crippen molar-refractivity contribution in [2.45, 2.75) is 40.0 Å². The Labute approximate surface area is 201 Å². The van der Waals surface area contributed by atoms with E-state index >= 15 is 0 Å². The topological polar surface area (TPSA) is 36.8 Å². The molecule has 1 saturated heterocycles. The van der Waals surface area contributed by atoms with Gasteiger partial charge in [0.15, 0.2) is 0 Å². The molecule has 0 N–H and O–H groups in total. The first kappa shape index (κ1) is 22.9. The number of benzene rings is 2. The molecule has 2 aliphatic rings. The van der Waals surface area contributed by atoms with E-state index in [4.69, 9.17) is 4.74 Å². The normalized spacial score (nSPS) is 17.3. The molecule has 0 spiro atoms. The third-order valence-corrected chi connectivity index (χ3v) is 6.92. The fraction of sp³-hybridized carbons (Fsp3) is 0.444. The van der Waals surface area contributed by atoms with Crippen LogP contribution in [0.1, 0.15) is 29.3 Å². The van der Waals surface area contributed by atoms with Crippen LogP contribution in [0.15, 0.2) is 48.7 Å². The summed E-state index contributed by atoms with van der Waals surface area (Å²) in [5.41, 5.74) is 6.10. The van der Waals surface area contributed by atoms with Gasteiger partial charge in [-0.15, -0.1) is 0 Å². The van der Waals surface area contributed by atoms with Gasteiger partial charge in [-0.25, -0.2) is 4.39 Å². The second kappa shape index (κ2) is 10.2. The summed E-state index contributed by atoms with van der Waals surface area (Å²) in [4.78, 5) is 7.29. The molecule has 0 saturated carbocycles. The molecule has 0 bridgehead atoms. The van der Waals surface area contributed by atoms with Gasteiger partial charge in [-0.3, -0.25) is 14.5 Å². The van der Waals surface area contributed by atoms with Crippen molar-refractivity contribution in [3.8, 4) is 5.75 Å². The van der Waals surface area contributed by atoms with E-state index < -0.39 is 0 Å². The molecule has 1 fully saturated rings. The van der Waals surface area contributed by atoms with Crippen molar-refractivity contribution in [3.05, 3.63) is 76.9 Å². The first-order valence-electron chi connectivity index (χ1n) is 12.3. The molecule has 0 unspecified atom stereocenters. The summed E-state index contributed by atoms with van der Waals surface area (Å²) in [6.45, 7) is 13.4. The van der Waals surface area contributed by atoms with Crippen molar-refractivity contribution in [1.29, 1.82) is 0 Å². The van der Waals surface area contributed by atoms with Crippen molar-refractivity contribution >= 4 is 5.69 Å². The average Bonchev–Trinajstić information content (AvgIpc) is 3.07. The van der Waals surface area contributed by atoms with Crippen molar-refractivity contribution in [1.82, 2.24) is 19.6 Å². The summed E-state index contributed by atoms with van der Waals surface area (Å²) >= 11 is 0. The summed E-state index contributed by atoms with van der Waals surface area (Å²) in [5.74, 6) is 0.827. The van der Waals surface area contributed by atoms with Crippen molar-refractivity contribution in [3.63, 3.8) is 0 Å². The van der Waals surface area contributed by atoms with Crippen molar-refractivity contribution in [2.75, 3.05) is 44.2 Å². The fourth-order valence-corrected chi connectivity index (χ4v) is 4.93. The number of halogens is 1. The summed E-state index contributed by atoms with van der Waals surface area (Å²) in [7, 11) is 0. The van der Waals surface area contributed by atoms with Crippen LogP contribution in [0.5, 0.6) is 5.75 Å². The van der Waals surface area contributed by atoms with Crippen LogP contribution in [0, 0.1) is 12.7 Å². The molecule has 2 aliphatic heterocycles. The maximum Gasteiger partial charge on any atom is 0.123 e. The minimum Gasteiger partial charge on any atom is -0.492 e. The van der Waals surface area contributed by atoms with Gasteiger partial charge in [-0.05, 0) is 55.8 Å². The largest absolute Gasteiger partial charge is 0.492 e. The van der Waals surface area contributed by atoms with Crippen LogP contribution in [-0.4, -0.2) is 58.9 Å². The van der Waals surface area contributed by atoms with Crippen LogP contribution in [0.25, 0.3) is 0 Å². The van der Waals surface area contributed by atoms with Gasteiger partial charge in [0.1, 0.15) is 18.2 Å². The predicted molar refractivity (Wildman–Crippen MR) is 133 cm³/mol. The minimum absolute atomic E-state index is 0.181. The first-order valence-corrected chi connectivity index (χ1v) is 12.3. The number of anilines is 1. The van der Waals surface area contributed by atoms with Gasteiger partial charge in [-0.1, -0.05) is 6.07 Å². The molecular formula is C27H34FN5O. The zero-order chi connectivity index (χ0) is 23.5. The number of hydrogen-bond acceptors (Lipinski definition) is 5. The maximum atomic E-state index is 13.2. The molecule has 3 aromatic rings. The van der Waals surface area contributed by atoms with Crippen LogP contribution < -0.4 is 9.64 Å². The molecule has 0 aliphatic carbocycles. The molecular weight excluding hydrogens is 429 g/mol. The Morgan fingerprint density at radius 2 is 1.74 bits per heavy atom. The summed E-state index contributed by atoms with van der Waals surface area (Å²) < 4.78 is 21.3. The van der Waals surface area contributed by atoms with Gasteiger partial charge >= 0.3 is 0 Å². The van der Waals surface area contributed by atoms with E-state index in [0.717, 1.165) is 76.0 Å². The SMILES string of the molecule is CCn1cc(CN2CCOc3ccc(CN4CCN(c5ccc(F)cc5)CC4)cc3C2)c(C)n1. The van der Waals surface area contributed by atoms with Crippen LogP contribution in [-0.2, 0) is 26.2 Å². The third-order valence-electron chi connectivity index (χ3n) is 6.92. The van der Waals surface area contributed by atoms with Crippen molar-refractivity contribution in [2.24, 2.45) is 0 Å². The molecule has 0 radical (unpaired) electrons. The second-order valence-electron chi connectivity index (χ2n) is 9.34. The minimum atomic E-state index is -0.181. The molecule has 3 heterocycles. The molecule has 5 rings (SSSR count). The standard InChI is InChI=1S/C27H34FN5O/c1-3-33-20-24(21(2)29-33)19-31-14-15-34-27-9-4-22(16-23(27)18-31)17-30-10-12-32(13-11-30)26-7-5-25(28)6-8-26/h4-9,16,20H,3,10-15,17-19H2,1-2H3. The summed E-state index contributed by atoms with van der Waals surface area (Å²) in [6, 6.07) is 13.5. The average molecular weight is 464 g/mol. The van der Waals surface area contributed by atoms with Crippen LogP contribution in [0.4, 0.5) is 10.1 Å². The lowest BCUT2D eigenvalue weighted by Crippen LogP contribution is -2.45. The Bertz CT molecular complexity index is 1100. The van der Waals surface area contributed by atoms with E-state index in [1.807, 2.05) is 16.8 Å². The highest BCUT2D eigenvalue weighted by atomic mass is 19.1. The number of hydrogen-bond donors (Lipinski definition) is 0. The van der Waals surface area contributed by atoms with E-state index in [1.54, 1.807) is 12.1 Å². The lowest BCUT2D eigenvalue weighted by molar-refractivity contribution is 0.219. The van der Waals surface area contributed by atoms with Gasteiger partial charge < -0.3 is 9.64 Å². The zero-order valence-electron chi connectivity index (χ0n) is 20.2. The van der Waals surface area contributed by atoms with E-state index in [1.165, 1.54) is 16.7 Å². The van der Waals surface area contributed by atoms with Gasteiger partial charge in [0.2, 0.25) is 0 Å². The molecule has 180 valence electrons. The number of fused-ring (bicyclic) bond motifs is 1. The summed E-state index contributed by atoms with van der Waals surface area (Å²) in [5, 5.41) is 4.60. The van der Waals surface area contributed by atoms with Gasteiger partial charge in [0.05, 0.1) is 5.69 Å². The molecule has 0 amide bonds. The number of nitrogens with zero attached hydrogens (tertiary/aromatic N) is 5. The van der Waals surface area contributed by atoms with Crippen molar-refractivity contribution < 1.29 is 9.13 Å². The monoisotopic (exact) mass is 463 g/mol. The smallest absolute Gasteiger partial charge is 0.123 e. The number of aromatic nitrogens is 2. The van der Waals surface area contributed by atoms with E-state index in [-0.39, 0.29) is 5.82 Å². The van der Waals surface area contributed by atoms with Crippen LogP contribution >= 0.6 is 0 Å². The third kappa shape index (κ3) is 5.26. The van der Waals surface area contributed by atoms with Gasteiger partial charge in [0, 0.05) is 81.9 Å². The quantitative estimate of drug-likeness (QED) is 0.551. The van der Waals surface area contributed by atoms with Gasteiger partial charge in [-0.2, -0.15) is 5.10 Å². The Kier molecular flexibility index (Phi) is 6.83. The van der Waals surface area contributed by atoms with Crippen LogP contribution in [0.2, 0.25) is 0 Å². The highest BCUT2D eigenvalue weighted by Crippen LogP contribution is 2.27. The first-order chi connectivity index (χ1) is 16.6. The lowest BCUT2D eigenvalue weighted by Gasteiger charge is -2.36. The number of piperazine rings is 1. The van der Waals surface area contributed by atoms with Crippen LogP contribution in [0.3, 0.4) is 0 Å². The van der Waals surface area contributed by atoms with E-state index in [2.05, 4.69) is 58.0 Å². The Balaban J connectivity index is 1.21. The zero-order valence-corrected chi connectivity index (χ0v) is 20.2. The summed E-state index contributed by atoms with van der Waals surface area (Å²) in [6.07, 6.45) is 2.17. The maximum absolute atomic E-state index is 13.2. The second-order valence-corrected chi connectivity index (χ2v) is 9.34. The molecule has 34 heavy (non-hydrogen) atoms. The fourth-order valence-electron chi connectivity index (χ4n) is 4.93. The number of rotatable bonds is 6. The Morgan fingerprint density at radius 3 is 2.47 bits per heavy atom. The molecule has 0 atom stereocenters. The molecule has 2 aromatic carbocycles. The highest BCUT2D eigenvalue weighted by molar-refractivity contribution is 5.46. The van der Waals surface area contributed by atoms with E-state index in [0.29, 0.717) is 6.61 Å².